The summed E-state index contributed by atoms with van der Waals surface area (Å²) in [4.78, 5) is 2.10. The third-order valence-corrected chi connectivity index (χ3v) is 2.26. The smallest absolute Gasteiger partial charge is 0.0639 e. The third kappa shape index (κ3) is 4.42. The summed E-state index contributed by atoms with van der Waals surface area (Å²) in [6.45, 7) is 3.91. The van der Waals surface area contributed by atoms with Crippen molar-refractivity contribution in [2.75, 3.05) is 13.6 Å². The van der Waals surface area contributed by atoms with Gasteiger partial charge in [-0.25, -0.2) is 0 Å². The van der Waals surface area contributed by atoms with Gasteiger partial charge in [-0.2, -0.15) is 0 Å². The summed E-state index contributed by atoms with van der Waals surface area (Å²) in [5, 5.41) is 9.24. The molecular weight excluding hydrogens is 188 g/mol. The number of aliphatic hydroxyl groups excluding tert-OH is 1. The van der Waals surface area contributed by atoms with Crippen LogP contribution in [0.3, 0.4) is 0 Å². The molecule has 1 unspecified atom stereocenters. The lowest BCUT2D eigenvalue weighted by atomic mass is 10.1. The molecule has 0 saturated heterocycles. The first-order valence-electron chi connectivity index (χ1n) is 5.26. The van der Waals surface area contributed by atoms with Gasteiger partial charge >= 0.3 is 0 Å². The van der Waals surface area contributed by atoms with E-state index in [4.69, 9.17) is 5.73 Å². The number of hydrogen-bond acceptors (Lipinski definition) is 3. The van der Waals surface area contributed by atoms with Gasteiger partial charge < -0.3 is 10.8 Å². The van der Waals surface area contributed by atoms with Crippen LogP contribution in [0.25, 0.3) is 0 Å². The highest BCUT2D eigenvalue weighted by molar-refractivity contribution is 5.23. The van der Waals surface area contributed by atoms with Crippen molar-refractivity contribution >= 4 is 0 Å². The molecule has 0 amide bonds. The molecule has 1 atom stereocenters. The Morgan fingerprint density at radius 2 is 2.07 bits per heavy atom. The van der Waals surface area contributed by atoms with Crippen molar-refractivity contribution in [2.45, 2.75) is 26.1 Å². The zero-order valence-electron chi connectivity index (χ0n) is 9.48. The minimum Gasteiger partial charge on any atom is -0.392 e. The fourth-order valence-electron chi connectivity index (χ4n) is 1.68. The molecule has 0 saturated carbocycles. The quantitative estimate of drug-likeness (QED) is 0.757. The Bertz CT molecular complexity index is 299. The van der Waals surface area contributed by atoms with Gasteiger partial charge in [0.25, 0.3) is 0 Å². The Morgan fingerprint density at radius 3 is 2.67 bits per heavy atom. The fourth-order valence-corrected chi connectivity index (χ4v) is 1.68. The van der Waals surface area contributed by atoms with Crippen LogP contribution in [0, 0.1) is 0 Å². The van der Waals surface area contributed by atoms with Crippen LogP contribution >= 0.6 is 0 Å². The van der Waals surface area contributed by atoms with Crippen molar-refractivity contribution in [3.8, 4) is 0 Å². The van der Waals surface area contributed by atoms with Gasteiger partial charge in [0.15, 0.2) is 0 Å². The average molecular weight is 208 g/mol. The lowest BCUT2D eigenvalue weighted by Crippen LogP contribution is -2.26. The van der Waals surface area contributed by atoms with E-state index in [-0.39, 0.29) is 6.10 Å². The minimum atomic E-state index is -0.285. The number of rotatable bonds is 5. The van der Waals surface area contributed by atoms with Crippen LogP contribution in [0.4, 0.5) is 0 Å². The maximum atomic E-state index is 9.24. The Hall–Kier alpha value is -0.900. The molecule has 1 aromatic rings. The van der Waals surface area contributed by atoms with Crippen molar-refractivity contribution in [1.29, 1.82) is 0 Å². The number of benzene rings is 1. The zero-order valence-corrected chi connectivity index (χ0v) is 9.48. The molecule has 1 aromatic carbocycles. The highest BCUT2D eigenvalue weighted by atomic mass is 16.3. The number of hydrogen-bond donors (Lipinski definition) is 2. The predicted octanol–water partition coefficient (Wildman–Crippen LogP) is 0.958. The number of nitrogens with two attached hydrogens (primary N) is 1. The first kappa shape index (κ1) is 12.2. The molecule has 3 nitrogen and oxygen atoms in total. The highest BCUT2D eigenvalue weighted by Gasteiger charge is 2.03. The van der Waals surface area contributed by atoms with Crippen molar-refractivity contribution in [2.24, 2.45) is 5.73 Å². The monoisotopic (exact) mass is 208 g/mol. The Balaban J connectivity index is 2.55. The second-order valence-electron chi connectivity index (χ2n) is 4.07. The molecule has 0 fully saturated rings. The summed E-state index contributed by atoms with van der Waals surface area (Å²) in [6.07, 6.45) is -0.285. The summed E-state index contributed by atoms with van der Waals surface area (Å²) in [5.41, 5.74) is 7.96. The Kier molecular flexibility index (Phi) is 4.75. The molecule has 0 spiro atoms. The van der Waals surface area contributed by atoms with Crippen molar-refractivity contribution in [1.82, 2.24) is 4.90 Å². The second kappa shape index (κ2) is 5.85. The molecule has 0 aliphatic heterocycles. The summed E-state index contributed by atoms with van der Waals surface area (Å²) >= 11 is 0. The maximum Gasteiger partial charge on any atom is 0.0639 e. The van der Waals surface area contributed by atoms with Gasteiger partial charge in [0, 0.05) is 19.6 Å². The molecule has 3 heteroatoms. The molecule has 0 heterocycles. The molecule has 0 aliphatic rings. The Morgan fingerprint density at radius 1 is 1.40 bits per heavy atom. The topological polar surface area (TPSA) is 49.5 Å². The van der Waals surface area contributed by atoms with Gasteiger partial charge in [-0.3, -0.25) is 4.90 Å². The predicted molar refractivity (Wildman–Crippen MR) is 62.3 cm³/mol. The highest BCUT2D eigenvalue weighted by Crippen LogP contribution is 2.07. The van der Waals surface area contributed by atoms with E-state index in [1.54, 1.807) is 6.92 Å². The van der Waals surface area contributed by atoms with E-state index < -0.39 is 0 Å². The largest absolute Gasteiger partial charge is 0.392 e. The van der Waals surface area contributed by atoms with E-state index in [2.05, 4.69) is 17.0 Å². The van der Waals surface area contributed by atoms with Crippen LogP contribution < -0.4 is 5.73 Å². The number of aliphatic hydroxyl groups is 1. The summed E-state index contributed by atoms with van der Waals surface area (Å²) in [7, 11) is 2.00. The molecule has 0 aliphatic carbocycles. The van der Waals surface area contributed by atoms with Crippen LogP contribution in [0.5, 0.6) is 0 Å². The first-order chi connectivity index (χ1) is 7.11. The second-order valence-corrected chi connectivity index (χ2v) is 4.07. The van der Waals surface area contributed by atoms with Gasteiger partial charge in [-0.15, -0.1) is 0 Å². The molecule has 0 bridgehead atoms. The van der Waals surface area contributed by atoms with Crippen LogP contribution in [-0.2, 0) is 13.1 Å². The van der Waals surface area contributed by atoms with E-state index in [1.807, 2.05) is 19.2 Å². The summed E-state index contributed by atoms with van der Waals surface area (Å²) in [5.74, 6) is 0. The summed E-state index contributed by atoms with van der Waals surface area (Å²) in [6, 6.07) is 8.24. The normalized spacial score (nSPS) is 13.1. The van der Waals surface area contributed by atoms with Crippen molar-refractivity contribution in [3.63, 3.8) is 0 Å². The first-order valence-corrected chi connectivity index (χ1v) is 5.26. The van der Waals surface area contributed by atoms with E-state index in [0.717, 1.165) is 12.1 Å². The Labute approximate surface area is 91.5 Å². The zero-order chi connectivity index (χ0) is 11.3. The van der Waals surface area contributed by atoms with Crippen molar-refractivity contribution < 1.29 is 5.11 Å². The molecule has 84 valence electrons. The van der Waals surface area contributed by atoms with Gasteiger partial charge in [0.1, 0.15) is 0 Å². The van der Waals surface area contributed by atoms with Crippen LogP contribution in [0.2, 0.25) is 0 Å². The average Bonchev–Trinajstić information content (AvgIpc) is 2.16. The van der Waals surface area contributed by atoms with E-state index >= 15 is 0 Å². The van der Waals surface area contributed by atoms with Crippen LogP contribution in [0.1, 0.15) is 18.1 Å². The van der Waals surface area contributed by atoms with Gasteiger partial charge in [0.2, 0.25) is 0 Å². The molecule has 0 aromatic heterocycles. The van der Waals surface area contributed by atoms with Gasteiger partial charge in [0.05, 0.1) is 6.10 Å². The van der Waals surface area contributed by atoms with E-state index in [0.29, 0.717) is 13.1 Å². The molecule has 15 heavy (non-hydrogen) atoms. The van der Waals surface area contributed by atoms with Crippen molar-refractivity contribution in [3.05, 3.63) is 35.4 Å². The van der Waals surface area contributed by atoms with E-state index in [9.17, 15) is 5.11 Å². The fraction of sp³-hybridized carbons (Fsp3) is 0.500. The lowest BCUT2D eigenvalue weighted by Gasteiger charge is -2.18. The number of likely N-dealkylation sites (N-methyl/N-ethyl adjacent to an activating group) is 1. The van der Waals surface area contributed by atoms with Crippen LogP contribution in [-0.4, -0.2) is 29.7 Å². The summed E-state index contributed by atoms with van der Waals surface area (Å²) < 4.78 is 0. The van der Waals surface area contributed by atoms with Gasteiger partial charge in [-0.05, 0) is 25.1 Å². The SMILES string of the molecule is CC(O)CN(C)Cc1cccc(CN)c1. The molecule has 1 rings (SSSR count). The standard InChI is InChI=1S/C12H20N2O/c1-10(15)8-14(2)9-12-5-3-4-11(6-12)7-13/h3-6,10,15H,7-9,13H2,1-2H3. The third-order valence-electron chi connectivity index (χ3n) is 2.26. The maximum absolute atomic E-state index is 9.24. The molecule has 0 radical (unpaired) electrons. The van der Waals surface area contributed by atoms with E-state index in [1.165, 1.54) is 5.56 Å². The minimum absolute atomic E-state index is 0.285. The number of nitrogens with zero attached hydrogens (tertiary/aromatic N) is 1. The van der Waals surface area contributed by atoms with Crippen LogP contribution in [0.15, 0.2) is 24.3 Å². The van der Waals surface area contributed by atoms with Gasteiger partial charge in [-0.1, -0.05) is 24.3 Å². The lowest BCUT2D eigenvalue weighted by molar-refractivity contribution is 0.138. The molecule has 3 N–H and O–H groups in total. The molecular formula is C12H20N2O.